The van der Waals surface area contributed by atoms with E-state index >= 15 is 0 Å². The maximum atomic E-state index is 3.71. The minimum Gasteiger partial charge on any atom is -0.312 e. The maximum Gasteiger partial charge on any atom is 0.0132 e. The molecule has 1 N–H and O–H groups in total. The van der Waals surface area contributed by atoms with Crippen LogP contribution in [0.1, 0.15) is 25.7 Å². The van der Waals surface area contributed by atoms with Gasteiger partial charge in [0, 0.05) is 32.2 Å². The third-order valence-electron chi connectivity index (χ3n) is 3.12. The highest BCUT2D eigenvalue weighted by Crippen LogP contribution is 2.34. The van der Waals surface area contributed by atoms with E-state index in [2.05, 4.69) is 16.8 Å². The molecule has 2 fully saturated rings. The molecule has 0 unspecified atom stereocenters. The van der Waals surface area contributed by atoms with Crippen LogP contribution >= 0.6 is 0 Å². The highest BCUT2D eigenvalue weighted by molar-refractivity contribution is 4.88. The minimum absolute atomic E-state index is 0.932. The summed E-state index contributed by atoms with van der Waals surface area (Å²) in [5.41, 5.74) is 0. The quantitative estimate of drug-likeness (QED) is 0.467. The molecule has 0 bridgehead atoms. The molecule has 2 saturated carbocycles. The third-order valence-corrected chi connectivity index (χ3v) is 3.12. The van der Waals surface area contributed by atoms with Gasteiger partial charge in [0.15, 0.2) is 0 Å². The van der Waals surface area contributed by atoms with Crippen molar-refractivity contribution in [2.75, 3.05) is 26.2 Å². The van der Waals surface area contributed by atoms with E-state index in [1.165, 1.54) is 38.8 Å². The van der Waals surface area contributed by atoms with Crippen molar-refractivity contribution < 1.29 is 0 Å². The maximum absolute atomic E-state index is 3.71. The van der Waals surface area contributed by atoms with Gasteiger partial charge >= 0.3 is 0 Å². The molecule has 2 nitrogen and oxygen atoms in total. The normalized spacial score (nSPS) is 21.5. The summed E-state index contributed by atoms with van der Waals surface area (Å²) in [4.78, 5) is 2.69. The zero-order valence-electron chi connectivity index (χ0n) is 9.04. The van der Waals surface area contributed by atoms with E-state index in [9.17, 15) is 0 Å². The molecule has 2 heteroatoms. The van der Waals surface area contributed by atoms with Crippen LogP contribution in [-0.4, -0.2) is 37.1 Å². The molecule has 0 aromatic carbocycles. The average molecular weight is 194 g/mol. The smallest absolute Gasteiger partial charge is 0.0132 e. The number of hydrogen-bond donors (Lipinski definition) is 1. The highest BCUT2D eigenvalue weighted by Gasteiger charge is 2.32. The van der Waals surface area contributed by atoms with Crippen molar-refractivity contribution in [2.24, 2.45) is 5.92 Å². The van der Waals surface area contributed by atoms with Crippen molar-refractivity contribution in [3.63, 3.8) is 0 Å². The lowest BCUT2D eigenvalue weighted by Gasteiger charge is -2.21. The summed E-state index contributed by atoms with van der Waals surface area (Å²) in [5.74, 6) is 1.04. The molecular weight excluding hydrogens is 172 g/mol. The summed E-state index contributed by atoms with van der Waals surface area (Å²) in [6.45, 7) is 8.37. The topological polar surface area (TPSA) is 15.3 Å². The summed E-state index contributed by atoms with van der Waals surface area (Å²) in [7, 11) is 0. The fraction of sp³-hybridized carbons (Fsp3) is 0.833. The second-order valence-electron chi connectivity index (χ2n) is 4.66. The largest absolute Gasteiger partial charge is 0.312 e. The number of nitrogens with one attached hydrogen (secondary N) is 1. The molecule has 2 rings (SSSR count). The standard InChI is InChI=1S/C12H22N2/c1-2-7-13-8-9-14(12-5-6-12)10-11-3-4-11/h2,11-13H,1,3-10H2. The second kappa shape index (κ2) is 4.94. The second-order valence-corrected chi connectivity index (χ2v) is 4.66. The Morgan fingerprint density at radius 1 is 1.29 bits per heavy atom. The fourth-order valence-corrected chi connectivity index (χ4v) is 1.92. The van der Waals surface area contributed by atoms with Crippen LogP contribution in [0, 0.1) is 5.92 Å². The SMILES string of the molecule is C=CCNCCN(CC1CC1)C1CC1. The monoisotopic (exact) mass is 194 g/mol. The van der Waals surface area contributed by atoms with E-state index < -0.39 is 0 Å². The van der Waals surface area contributed by atoms with Gasteiger partial charge in [-0.15, -0.1) is 6.58 Å². The first kappa shape index (κ1) is 10.2. The minimum atomic E-state index is 0.932. The van der Waals surface area contributed by atoms with Crippen LogP contribution in [0.15, 0.2) is 12.7 Å². The van der Waals surface area contributed by atoms with E-state index in [0.29, 0.717) is 0 Å². The van der Waals surface area contributed by atoms with Gasteiger partial charge < -0.3 is 5.32 Å². The molecule has 14 heavy (non-hydrogen) atoms. The van der Waals surface area contributed by atoms with Crippen molar-refractivity contribution in [3.8, 4) is 0 Å². The predicted molar refractivity (Wildman–Crippen MR) is 60.4 cm³/mol. The molecule has 0 radical (unpaired) electrons. The molecule has 0 aromatic rings. The first-order chi connectivity index (χ1) is 6.90. The van der Waals surface area contributed by atoms with E-state index in [0.717, 1.165) is 25.0 Å². The van der Waals surface area contributed by atoms with Gasteiger partial charge in [-0.2, -0.15) is 0 Å². The lowest BCUT2D eigenvalue weighted by Crippen LogP contribution is -2.35. The lowest BCUT2D eigenvalue weighted by molar-refractivity contribution is 0.253. The van der Waals surface area contributed by atoms with Gasteiger partial charge in [-0.1, -0.05) is 6.08 Å². The van der Waals surface area contributed by atoms with Crippen LogP contribution in [0.5, 0.6) is 0 Å². The Balaban J connectivity index is 1.59. The Labute approximate surface area is 87.4 Å². The summed E-state index contributed by atoms with van der Waals surface area (Å²) in [6, 6.07) is 0.932. The summed E-state index contributed by atoms with van der Waals surface area (Å²) in [6.07, 6.45) is 7.76. The predicted octanol–water partition coefficient (Wildman–Crippen LogP) is 1.64. The number of hydrogen-bond acceptors (Lipinski definition) is 2. The van der Waals surface area contributed by atoms with Crippen molar-refractivity contribution in [1.29, 1.82) is 0 Å². The van der Waals surface area contributed by atoms with E-state index in [1.54, 1.807) is 0 Å². The molecule has 0 saturated heterocycles. The Kier molecular flexibility index (Phi) is 3.60. The Bertz CT molecular complexity index is 183. The fourth-order valence-electron chi connectivity index (χ4n) is 1.92. The van der Waals surface area contributed by atoms with Crippen LogP contribution in [0.25, 0.3) is 0 Å². The molecule has 0 atom stereocenters. The summed E-state index contributed by atoms with van der Waals surface area (Å²) < 4.78 is 0. The van der Waals surface area contributed by atoms with Gasteiger partial charge in [-0.3, -0.25) is 4.90 Å². The number of rotatable bonds is 8. The van der Waals surface area contributed by atoms with Crippen molar-refractivity contribution in [1.82, 2.24) is 10.2 Å². The molecular formula is C12H22N2. The molecule has 0 amide bonds. The first-order valence-corrected chi connectivity index (χ1v) is 5.96. The molecule has 0 aliphatic heterocycles. The van der Waals surface area contributed by atoms with Gasteiger partial charge in [0.2, 0.25) is 0 Å². The molecule has 2 aliphatic carbocycles. The van der Waals surface area contributed by atoms with Gasteiger partial charge in [-0.05, 0) is 31.6 Å². The average Bonchev–Trinajstić information content (AvgIpc) is 3.02. The van der Waals surface area contributed by atoms with Crippen LogP contribution < -0.4 is 5.32 Å². The van der Waals surface area contributed by atoms with Gasteiger partial charge in [0.1, 0.15) is 0 Å². The van der Waals surface area contributed by atoms with E-state index in [1.807, 2.05) is 6.08 Å². The molecule has 0 aromatic heterocycles. The summed E-state index contributed by atoms with van der Waals surface area (Å²) >= 11 is 0. The van der Waals surface area contributed by atoms with E-state index in [-0.39, 0.29) is 0 Å². The first-order valence-electron chi connectivity index (χ1n) is 5.96. The van der Waals surface area contributed by atoms with Crippen molar-refractivity contribution in [3.05, 3.63) is 12.7 Å². The van der Waals surface area contributed by atoms with Crippen molar-refractivity contribution >= 4 is 0 Å². The number of nitrogens with zero attached hydrogens (tertiary/aromatic N) is 1. The van der Waals surface area contributed by atoms with Crippen LogP contribution in [0.2, 0.25) is 0 Å². The zero-order chi connectivity index (χ0) is 9.80. The summed E-state index contributed by atoms with van der Waals surface area (Å²) in [5, 5.41) is 3.38. The van der Waals surface area contributed by atoms with Crippen LogP contribution in [0.4, 0.5) is 0 Å². The zero-order valence-corrected chi connectivity index (χ0v) is 9.04. The Morgan fingerprint density at radius 2 is 2.07 bits per heavy atom. The molecule has 0 spiro atoms. The van der Waals surface area contributed by atoms with Gasteiger partial charge in [0.25, 0.3) is 0 Å². The lowest BCUT2D eigenvalue weighted by atomic mass is 10.3. The van der Waals surface area contributed by atoms with Crippen LogP contribution in [0.3, 0.4) is 0 Å². The van der Waals surface area contributed by atoms with Gasteiger partial charge in [-0.25, -0.2) is 0 Å². The van der Waals surface area contributed by atoms with Crippen molar-refractivity contribution in [2.45, 2.75) is 31.7 Å². The molecule has 0 heterocycles. The molecule has 80 valence electrons. The Hall–Kier alpha value is -0.340. The third kappa shape index (κ3) is 3.43. The molecule has 2 aliphatic rings. The highest BCUT2D eigenvalue weighted by atomic mass is 15.2. The Morgan fingerprint density at radius 3 is 2.64 bits per heavy atom. The van der Waals surface area contributed by atoms with Gasteiger partial charge in [0.05, 0.1) is 0 Å². The van der Waals surface area contributed by atoms with Crippen LogP contribution in [-0.2, 0) is 0 Å². The van der Waals surface area contributed by atoms with E-state index in [4.69, 9.17) is 0 Å².